The molecule has 2 amide bonds. The zero-order chi connectivity index (χ0) is 28.0. The molecule has 0 unspecified atom stereocenters. The van der Waals surface area contributed by atoms with Gasteiger partial charge in [-0.1, -0.05) is 47.5 Å². The highest BCUT2D eigenvalue weighted by atomic mass is 35.5. The number of rotatable bonds is 10. The van der Waals surface area contributed by atoms with Gasteiger partial charge < -0.3 is 10.2 Å². The van der Waals surface area contributed by atoms with Crippen LogP contribution in [0.3, 0.4) is 0 Å². The van der Waals surface area contributed by atoms with E-state index < -0.39 is 40.2 Å². The standard InChI is InChI=1S/C28H31ClFN3O4S/c1-5-31-28(35)21(4)32(17-22-11-13-23(30)14-12-22)27(34)18-33(26-8-6-7-25(29)20(26)3)38(36,37)24-15-9-19(2)10-16-24/h6-16,21H,5,17-18H2,1-4H3,(H,31,35)/t21-/m0/s1. The van der Waals surface area contributed by atoms with Gasteiger partial charge in [0.2, 0.25) is 11.8 Å². The van der Waals surface area contributed by atoms with Gasteiger partial charge in [0.05, 0.1) is 10.6 Å². The number of aryl methyl sites for hydroxylation is 1. The molecular weight excluding hydrogens is 529 g/mol. The lowest BCUT2D eigenvalue weighted by atomic mass is 10.1. The molecule has 0 aromatic heterocycles. The number of benzene rings is 3. The van der Waals surface area contributed by atoms with Gasteiger partial charge in [0.25, 0.3) is 10.0 Å². The van der Waals surface area contributed by atoms with E-state index in [1.165, 1.54) is 41.3 Å². The van der Waals surface area contributed by atoms with Crippen LogP contribution in [0.1, 0.15) is 30.5 Å². The number of nitrogens with one attached hydrogen (secondary N) is 1. The number of carbonyl (C=O) groups is 2. The molecule has 10 heteroatoms. The molecule has 38 heavy (non-hydrogen) atoms. The van der Waals surface area contributed by atoms with Gasteiger partial charge in [-0.3, -0.25) is 13.9 Å². The van der Waals surface area contributed by atoms with Gasteiger partial charge in [0, 0.05) is 18.1 Å². The van der Waals surface area contributed by atoms with Gasteiger partial charge in [-0.25, -0.2) is 12.8 Å². The summed E-state index contributed by atoms with van der Waals surface area (Å²) >= 11 is 6.32. The van der Waals surface area contributed by atoms with Crippen LogP contribution in [-0.4, -0.2) is 44.3 Å². The molecule has 0 saturated heterocycles. The van der Waals surface area contributed by atoms with Crippen molar-refractivity contribution in [3.05, 3.63) is 94.3 Å². The fourth-order valence-corrected chi connectivity index (χ4v) is 5.55. The van der Waals surface area contributed by atoms with E-state index in [2.05, 4.69) is 5.32 Å². The summed E-state index contributed by atoms with van der Waals surface area (Å²) in [5, 5.41) is 3.04. The van der Waals surface area contributed by atoms with E-state index >= 15 is 0 Å². The lowest BCUT2D eigenvalue weighted by Crippen LogP contribution is -2.51. The maximum absolute atomic E-state index is 13.9. The third kappa shape index (κ3) is 6.71. The van der Waals surface area contributed by atoms with Gasteiger partial charge in [-0.15, -0.1) is 0 Å². The molecule has 0 aliphatic rings. The highest BCUT2D eigenvalue weighted by Gasteiger charge is 2.33. The Kier molecular flexibility index (Phi) is 9.51. The Morgan fingerprint density at radius 1 is 1.00 bits per heavy atom. The summed E-state index contributed by atoms with van der Waals surface area (Å²) in [6.45, 7) is 6.59. The van der Waals surface area contributed by atoms with Crippen LogP contribution >= 0.6 is 11.6 Å². The monoisotopic (exact) mass is 559 g/mol. The zero-order valence-corrected chi connectivity index (χ0v) is 23.3. The molecule has 1 N–H and O–H groups in total. The Labute approximate surface area is 228 Å². The number of amides is 2. The number of anilines is 1. The summed E-state index contributed by atoms with van der Waals surface area (Å²) in [6, 6.07) is 15.8. The smallest absolute Gasteiger partial charge is 0.264 e. The van der Waals surface area contributed by atoms with Crippen LogP contribution in [0.4, 0.5) is 10.1 Å². The van der Waals surface area contributed by atoms with E-state index in [1.54, 1.807) is 51.1 Å². The molecule has 3 aromatic carbocycles. The van der Waals surface area contributed by atoms with Gasteiger partial charge in [-0.05, 0) is 75.2 Å². The van der Waals surface area contributed by atoms with E-state index in [1.807, 2.05) is 6.92 Å². The molecule has 0 aliphatic carbocycles. The maximum Gasteiger partial charge on any atom is 0.264 e. The summed E-state index contributed by atoms with van der Waals surface area (Å²) in [5.74, 6) is -1.44. The van der Waals surface area contributed by atoms with Crippen molar-refractivity contribution in [2.24, 2.45) is 0 Å². The maximum atomic E-state index is 13.9. The minimum absolute atomic E-state index is 0.0112. The first kappa shape index (κ1) is 29.1. The third-order valence-electron chi connectivity index (χ3n) is 6.18. The first-order valence-corrected chi connectivity index (χ1v) is 13.9. The molecule has 0 bridgehead atoms. The van der Waals surface area contributed by atoms with Crippen LogP contribution < -0.4 is 9.62 Å². The predicted octanol–water partition coefficient (Wildman–Crippen LogP) is 4.84. The number of nitrogens with zero attached hydrogens (tertiary/aromatic N) is 2. The van der Waals surface area contributed by atoms with Crippen molar-refractivity contribution in [3.8, 4) is 0 Å². The molecule has 3 rings (SSSR count). The minimum atomic E-state index is -4.20. The zero-order valence-electron chi connectivity index (χ0n) is 21.7. The summed E-state index contributed by atoms with van der Waals surface area (Å²) in [4.78, 5) is 27.8. The first-order valence-electron chi connectivity index (χ1n) is 12.1. The highest BCUT2D eigenvalue weighted by Crippen LogP contribution is 2.31. The summed E-state index contributed by atoms with van der Waals surface area (Å²) < 4.78 is 42.2. The Hall–Kier alpha value is -3.43. The number of halogens is 2. The van der Waals surface area contributed by atoms with Crippen LogP contribution in [0.2, 0.25) is 5.02 Å². The van der Waals surface area contributed by atoms with Gasteiger partial charge >= 0.3 is 0 Å². The summed E-state index contributed by atoms with van der Waals surface area (Å²) in [5.41, 5.74) is 2.20. The molecule has 3 aromatic rings. The van der Waals surface area contributed by atoms with Gasteiger partial charge in [0.15, 0.2) is 0 Å². The summed E-state index contributed by atoms with van der Waals surface area (Å²) in [7, 11) is -4.20. The molecule has 0 aliphatic heterocycles. The Bertz CT molecular complexity index is 1400. The Morgan fingerprint density at radius 2 is 1.63 bits per heavy atom. The fourth-order valence-electron chi connectivity index (χ4n) is 3.91. The highest BCUT2D eigenvalue weighted by molar-refractivity contribution is 7.92. The lowest BCUT2D eigenvalue weighted by molar-refractivity contribution is -0.139. The van der Waals surface area contributed by atoms with Crippen molar-refractivity contribution in [2.45, 2.75) is 45.2 Å². The van der Waals surface area contributed by atoms with Crippen LogP contribution in [0.5, 0.6) is 0 Å². The van der Waals surface area contributed by atoms with Crippen molar-refractivity contribution in [1.29, 1.82) is 0 Å². The van der Waals surface area contributed by atoms with Gasteiger partial charge in [-0.2, -0.15) is 0 Å². The second-order valence-corrected chi connectivity index (χ2v) is 11.2. The topological polar surface area (TPSA) is 86.8 Å². The third-order valence-corrected chi connectivity index (χ3v) is 8.36. The molecule has 1 atom stereocenters. The minimum Gasteiger partial charge on any atom is -0.355 e. The number of likely N-dealkylation sites (N-methyl/N-ethyl adjacent to an activating group) is 1. The van der Waals surface area contributed by atoms with Crippen molar-refractivity contribution in [2.75, 3.05) is 17.4 Å². The van der Waals surface area contributed by atoms with Crippen LogP contribution in [0.15, 0.2) is 71.6 Å². The number of sulfonamides is 1. The normalized spacial score (nSPS) is 12.1. The molecule has 7 nitrogen and oxygen atoms in total. The Morgan fingerprint density at radius 3 is 2.24 bits per heavy atom. The summed E-state index contributed by atoms with van der Waals surface area (Å²) in [6.07, 6.45) is 0. The van der Waals surface area contributed by atoms with E-state index in [0.717, 1.165) is 9.87 Å². The second kappa shape index (κ2) is 12.4. The Balaban J connectivity index is 2.07. The average molecular weight is 560 g/mol. The van der Waals surface area contributed by atoms with E-state index in [9.17, 15) is 22.4 Å². The van der Waals surface area contributed by atoms with Crippen molar-refractivity contribution >= 4 is 39.1 Å². The second-order valence-electron chi connectivity index (χ2n) is 8.93. The predicted molar refractivity (Wildman–Crippen MR) is 147 cm³/mol. The van der Waals surface area contributed by atoms with E-state index in [4.69, 9.17) is 11.6 Å². The average Bonchev–Trinajstić information content (AvgIpc) is 2.88. The van der Waals surface area contributed by atoms with Crippen molar-refractivity contribution in [1.82, 2.24) is 10.2 Å². The van der Waals surface area contributed by atoms with Crippen molar-refractivity contribution in [3.63, 3.8) is 0 Å². The van der Waals surface area contributed by atoms with Crippen LogP contribution in [0.25, 0.3) is 0 Å². The molecule has 0 saturated carbocycles. The molecule has 0 spiro atoms. The number of carbonyl (C=O) groups excluding carboxylic acids is 2. The van der Waals surface area contributed by atoms with E-state index in [-0.39, 0.29) is 17.1 Å². The molecule has 0 fully saturated rings. The molecule has 202 valence electrons. The molecule has 0 heterocycles. The first-order chi connectivity index (χ1) is 17.9. The van der Waals surface area contributed by atoms with Crippen molar-refractivity contribution < 1.29 is 22.4 Å². The lowest BCUT2D eigenvalue weighted by Gasteiger charge is -2.32. The SMILES string of the molecule is CCNC(=O)[C@H](C)N(Cc1ccc(F)cc1)C(=O)CN(c1cccc(Cl)c1C)S(=O)(=O)c1ccc(C)cc1. The number of hydrogen-bond donors (Lipinski definition) is 1. The number of hydrogen-bond acceptors (Lipinski definition) is 4. The fraction of sp³-hybridized carbons (Fsp3) is 0.286. The van der Waals surface area contributed by atoms with Crippen LogP contribution in [-0.2, 0) is 26.2 Å². The largest absolute Gasteiger partial charge is 0.355 e. The van der Waals surface area contributed by atoms with Crippen LogP contribution in [0, 0.1) is 19.7 Å². The quantitative estimate of drug-likeness (QED) is 0.385. The van der Waals surface area contributed by atoms with Gasteiger partial charge in [0.1, 0.15) is 18.4 Å². The molecular formula is C28H31ClFN3O4S. The molecule has 0 radical (unpaired) electrons. The van der Waals surface area contributed by atoms with E-state index in [0.29, 0.717) is 22.7 Å².